The van der Waals surface area contributed by atoms with Gasteiger partial charge < -0.3 is 16.0 Å². The van der Waals surface area contributed by atoms with Crippen LogP contribution in [0.5, 0.6) is 0 Å². The van der Waals surface area contributed by atoms with Crippen molar-refractivity contribution in [3.8, 4) is 0 Å². The monoisotopic (exact) mass is 327 g/mol. The Kier molecular flexibility index (Phi) is 4.97. The largest absolute Gasteiger partial charge is 0.369 e. The number of hydrogen-bond donors (Lipinski definition) is 2. The minimum absolute atomic E-state index is 0.146. The maximum atomic E-state index is 13.0. The van der Waals surface area contributed by atoms with Crippen LogP contribution in [0, 0.1) is 11.7 Å². The quantitative estimate of drug-likeness (QED) is 0.798. The molecule has 0 spiro atoms. The number of hydrogen-bond acceptors (Lipinski definition) is 3. The van der Waals surface area contributed by atoms with Crippen LogP contribution in [0.2, 0.25) is 5.02 Å². The summed E-state index contributed by atoms with van der Waals surface area (Å²) in [6.45, 7) is 0.591. The molecule has 8 heteroatoms. The van der Waals surface area contributed by atoms with E-state index in [1.807, 2.05) is 0 Å². The standard InChI is InChI=1S/C14H15ClFN3O3/c15-10-7-9(1-2-11(10)16)18-13(21)14(22)19-5-3-8(4-6-19)12(17)20/h1-2,7-8H,3-6H2,(H2,17,20)(H,18,21). The van der Waals surface area contributed by atoms with Crippen molar-refractivity contribution < 1.29 is 18.8 Å². The zero-order valence-corrected chi connectivity index (χ0v) is 12.4. The molecule has 0 radical (unpaired) electrons. The number of benzene rings is 1. The zero-order chi connectivity index (χ0) is 16.3. The Balaban J connectivity index is 1.94. The Morgan fingerprint density at radius 1 is 1.27 bits per heavy atom. The fraction of sp³-hybridized carbons (Fsp3) is 0.357. The van der Waals surface area contributed by atoms with Crippen molar-refractivity contribution in [2.45, 2.75) is 12.8 Å². The lowest BCUT2D eigenvalue weighted by Crippen LogP contribution is -2.46. The van der Waals surface area contributed by atoms with Gasteiger partial charge in [0.2, 0.25) is 5.91 Å². The summed E-state index contributed by atoms with van der Waals surface area (Å²) in [4.78, 5) is 36.3. The number of nitrogens with one attached hydrogen (secondary N) is 1. The topological polar surface area (TPSA) is 92.5 Å². The fourth-order valence-corrected chi connectivity index (χ4v) is 2.45. The van der Waals surface area contributed by atoms with E-state index in [1.165, 1.54) is 17.0 Å². The number of halogens is 2. The van der Waals surface area contributed by atoms with Crippen LogP contribution in [0.25, 0.3) is 0 Å². The van der Waals surface area contributed by atoms with Gasteiger partial charge in [0.1, 0.15) is 5.82 Å². The van der Waals surface area contributed by atoms with E-state index >= 15 is 0 Å². The van der Waals surface area contributed by atoms with Crippen molar-refractivity contribution in [2.75, 3.05) is 18.4 Å². The first kappa shape index (κ1) is 16.2. The maximum absolute atomic E-state index is 13.0. The average Bonchev–Trinajstić information content (AvgIpc) is 2.50. The summed E-state index contributed by atoms with van der Waals surface area (Å²) in [6, 6.07) is 3.63. The van der Waals surface area contributed by atoms with Crippen LogP contribution in [0.15, 0.2) is 18.2 Å². The number of amides is 3. The Bertz CT molecular complexity index is 615. The predicted octanol–water partition coefficient (Wildman–Crippen LogP) is 1.14. The van der Waals surface area contributed by atoms with Gasteiger partial charge in [-0.15, -0.1) is 0 Å². The van der Waals surface area contributed by atoms with Gasteiger partial charge in [-0.2, -0.15) is 0 Å². The van der Waals surface area contributed by atoms with Gasteiger partial charge in [0.15, 0.2) is 0 Å². The number of likely N-dealkylation sites (tertiary alicyclic amines) is 1. The van der Waals surface area contributed by atoms with Crippen molar-refractivity contribution in [1.29, 1.82) is 0 Å². The molecule has 0 aromatic heterocycles. The molecule has 1 fully saturated rings. The Labute approximate surface area is 131 Å². The minimum Gasteiger partial charge on any atom is -0.369 e. The van der Waals surface area contributed by atoms with Crippen molar-refractivity contribution in [2.24, 2.45) is 11.7 Å². The molecule has 0 unspecified atom stereocenters. The van der Waals surface area contributed by atoms with Crippen molar-refractivity contribution in [3.05, 3.63) is 29.0 Å². The molecule has 1 aliphatic heterocycles. The molecule has 0 aliphatic carbocycles. The van der Waals surface area contributed by atoms with Crippen LogP contribution in [-0.2, 0) is 14.4 Å². The predicted molar refractivity (Wildman–Crippen MR) is 78.5 cm³/mol. The molecule has 1 aliphatic rings. The Morgan fingerprint density at radius 2 is 1.91 bits per heavy atom. The Morgan fingerprint density at radius 3 is 2.45 bits per heavy atom. The summed E-state index contributed by atoms with van der Waals surface area (Å²) < 4.78 is 13.0. The highest BCUT2D eigenvalue weighted by atomic mass is 35.5. The van der Waals surface area contributed by atoms with E-state index in [9.17, 15) is 18.8 Å². The lowest BCUT2D eigenvalue weighted by molar-refractivity contribution is -0.144. The number of rotatable bonds is 2. The molecule has 3 amide bonds. The highest BCUT2D eigenvalue weighted by Gasteiger charge is 2.29. The first-order chi connectivity index (χ1) is 10.4. The van der Waals surface area contributed by atoms with E-state index in [-0.39, 0.29) is 16.6 Å². The van der Waals surface area contributed by atoms with Gasteiger partial charge in [0.25, 0.3) is 0 Å². The van der Waals surface area contributed by atoms with Crippen LogP contribution < -0.4 is 11.1 Å². The molecule has 0 bridgehead atoms. The summed E-state index contributed by atoms with van der Waals surface area (Å²) in [5, 5.41) is 2.22. The summed E-state index contributed by atoms with van der Waals surface area (Å²) in [7, 11) is 0. The first-order valence-electron chi connectivity index (χ1n) is 6.73. The third kappa shape index (κ3) is 3.73. The van der Waals surface area contributed by atoms with Crippen LogP contribution in [0.1, 0.15) is 12.8 Å². The number of carbonyl (C=O) groups excluding carboxylic acids is 3. The van der Waals surface area contributed by atoms with E-state index in [1.54, 1.807) is 0 Å². The molecule has 0 saturated carbocycles. The number of carbonyl (C=O) groups is 3. The maximum Gasteiger partial charge on any atom is 0.313 e. The zero-order valence-electron chi connectivity index (χ0n) is 11.6. The van der Waals surface area contributed by atoms with Crippen LogP contribution in [-0.4, -0.2) is 35.7 Å². The molecule has 6 nitrogen and oxygen atoms in total. The van der Waals surface area contributed by atoms with Gasteiger partial charge in [0, 0.05) is 24.7 Å². The van der Waals surface area contributed by atoms with Crippen LogP contribution in [0.3, 0.4) is 0 Å². The smallest absolute Gasteiger partial charge is 0.313 e. The molecule has 2 rings (SSSR count). The highest BCUT2D eigenvalue weighted by Crippen LogP contribution is 2.20. The molecule has 3 N–H and O–H groups in total. The number of nitrogens with zero attached hydrogens (tertiary/aromatic N) is 1. The van der Waals surface area contributed by atoms with E-state index < -0.39 is 23.5 Å². The molecule has 1 saturated heterocycles. The summed E-state index contributed by atoms with van der Waals surface area (Å²) >= 11 is 5.61. The lowest BCUT2D eigenvalue weighted by atomic mass is 9.96. The number of nitrogens with two attached hydrogens (primary N) is 1. The van der Waals surface area contributed by atoms with Crippen molar-refractivity contribution in [1.82, 2.24) is 4.90 Å². The minimum atomic E-state index is -0.833. The lowest BCUT2D eigenvalue weighted by Gasteiger charge is -2.29. The summed E-state index contributed by atoms with van der Waals surface area (Å²) in [6.07, 6.45) is 0.882. The second kappa shape index (κ2) is 6.74. The van der Waals surface area contributed by atoms with Crippen molar-refractivity contribution in [3.63, 3.8) is 0 Å². The molecule has 1 heterocycles. The molecular formula is C14H15ClFN3O3. The third-order valence-corrected chi connectivity index (χ3v) is 3.85. The number of primary amides is 1. The molecule has 0 atom stereocenters. The van der Waals surface area contributed by atoms with E-state index in [0.29, 0.717) is 25.9 Å². The molecule has 1 aromatic carbocycles. The van der Waals surface area contributed by atoms with E-state index in [2.05, 4.69) is 5.32 Å². The van der Waals surface area contributed by atoms with Crippen LogP contribution >= 0.6 is 11.6 Å². The fourth-order valence-electron chi connectivity index (χ4n) is 2.27. The van der Waals surface area contributed by atoms with Gasteiger partial charge >= 0.3 is 11.8 Å². The van der Waals surface area contributed by atoms with Gasteiger partial charge in [-0.1, -0.05) is 11.6 Å². The second-order valence-electron chi connectivity index (χ2n) is 5.05. The van der Waals surface area contributed by atoms with Crippen LogP contribution in [0.4, 0.5) is 10.1 Å². The highest BCUT2D eigenvalue weighted by molar-refractivity contribution is 6.39. The normalized spacial score (nSPS) is 15.5. The van der Waals surface area contributed by atoms with Gasteiger partial charge in [0.05, 0.1) is 5.02 Å². The Hall–Kier alpha value is -2.15. The molecule has 118 valence electrons. The average molecular weight is 328 g/mol. The summed E-state index contributed by atoms with van der Waals surface area (Å²) in [5.41, 5.74) is 5.45. The van der Waals surface area contributed by atoms with Gasteiger partial charge in [-0.25, -0.2) is 4.39 Å². The number of piperidine rings is 1. The second-order valence-corrected chi connectivity index (χ2v) is 5.46. The first-order valence-corrected chi connectivity index (χ1v) is 7.11. The molecule has 1 aromatic rings. The molecular weight excluding hydrogens is 313 g/mol. The van der Waals surface area contributed by atoms with E-state index in [4.69, 9.17) is 17.3 Å². The summed E-state index contributed by atoms with van der Waals surface area (Å²) in [5.74, 6) is -2.80. The third-order valence-electron chi connectivity index (χ3n) is 3.56. The molecule has 22 heavy (non-hydrogen) atoms. The van der Waals surface area contributed by atoms with Crippen molar-refractivity contribution >= 4 is 35.0 Å². The SMILES string of the molecule is NC(=O)C1CCN(C(=O)C(=O)Nc2ccc(F)c(Cl)c2)CC1. The van der Waals surface area contributed by atoms with Gasteiger partial charge in [-0.05, 0) is 31.0 Å². The van der Waals surface area contributed by atoms with Gasteiger partial charge in [-0.3, -0.25) is 14.4 Å². The van der Waals surface area contributed by atoms with E-state index in [0.717, 1.165) is 6.07 Å². The number of anilines is 1.